The van der Waals surface area contributed by atoms with Crippen LogP contribution in [0.4, 0.5) is 4.79 Å². The molecule has 0 saturated carbocycles. The Balaban J connectivity index is 2.00. The van der Waals surface area contributed by atoms with Crippen molar-refractivity contribution in [2.24, 2.45) is 5.73 Å². The molecule has 2 atom stereocenters. The van der Waals surface area contributed by atoms with Crippen LogP contribution < -0.4 is 16.4 Å². The van der Waals surface area contributed by atoms with E-state index in [1.165, 1.54) is 0 Å². The van der Waals surface area contributed by atoms with Gasteiger partial charge in [-0.05, 0) is 30.4 Å². The van der Waals surface area contributed by atoms with Gasteiger partial charge in [0.15, 0.2) is 5.78 Å². The maximum Gasteiger partial charge on any atom is 0.408 e. The number of primary amides is 1. The fraction of sp³-hybridized carbons (Fsp3) is 0.333. The van der Waals surface area contributed by atoms with Crippen LogP contribution in [0.3, 0.4) is 0 Å². The van der Waals surface area contributed by atoms with E-state index in [9.17, 15) is 24.3 Å². The molecule has 0 fully saturated rings. The van der Waals surface area contributed by atoms with Gasteiger partial charge in [0, 0.05) is 6.42 Å². The second-order valence-corrected chi connectivity index (χ2v) is 7.47. The molecule has 5 N–H and O–H groups in total. The van der Waals surface area contributed by atoms with E-state index in [0.717, 1.165) is 11.1 Å². The van der Waals surface area contributed by atoms with Gasteiger partial charge in [-0.3, -0.25) is 14.4 Å². The molecule has 2 aromatic carbocycles. The number of amides is 3. The van der Waals surface area contributed by atoms with E-state index < -0.39 is 42.4 Å². The van der Waals surface area contributed by atoms with E-state index in [1.54, 1.807) is 24.3 Å². The quantitative estimate of drug-likeness (QED) is 0.357. The monoisotopic (exact) mass is 455 g/mol. The van der Waals surface area contributed by atoms with E-state index in [2.05, 4.69) is 10.6 Å². The molecule has 2 aromatic rings. The number of benzene rings is 2. The Morgan fingerprint density at radius 2 is 1.45 bits per heavy atom. The molecule has 0 heterocycles. The lowest BCUT2D eigenvalue weighted by atomic mass is 10.0. The number of hydrogen-bond acceptors (Lipinski definition) is 6. The van der Waals surface area contributed by atoms with Crippen LogP contribution in [0.2, 0.25) is 0 Å². The Morgan fingerprint density at radius 3 is 2.03 bits per heavy atom. The average Bonchev–Trinajstić information content (AvgIpc) is 2.83. The third-order valence-electron chi connectivity index (χ3n) is 4.93. The predicted molar refractivity (Wildman–Crippen MR) is 121 cm³/mol. The van der Waals surface area contributed by atoms with Gasteiger partial charge in [0.2, 0.25) is 11.8 Å². The summed E-state index contributed by atoms with van der Waals surface area (Å²) in [5, 5.41) is 14.3. The summed E-state index contributed by atoms with van der Waals surface area (Å²) < 4.78 is 5.14. The zero-order valence-electron chi connectivity index (χ0n) is 18.2. The maximum absolute atomic E-state index is 12.8. The number of nitrogens with one attached hydrogen (secondary N) is 2. The summed E-state index contributed by atoms with van der Waals surface area (Å²) in [4.78, 5) is 48.5. The number of carbonyl (C=O) groups is 4. The molecule has 0 unspecified atom stereocenters. The fourth-order valence-electron chi connectivity index (χ4n) is 3.11. The molecule has 33 heavy (non-hydrogen) atoms. The molecule has 0 aliphatic carbocycles. The maximum atomic E-state index is 12.8. The number of rotatable bonds is 13. The van der Waals surface area contributed by atoms with Gasteiger partial charge in [-0.1, -0.05) is 60.7 Å². The van der Waals surface area contributed by atoms with E-state index in [4.69, 9.17) is 10.5 Å². The standard InChI is InChI=1S/C24H29N3O6/c25-22(30)14-13-20(27-24(32)33-16-18-9-5-2-6-10-18)23(31)26-19(21(29)15-28)12-11-17-7-3-1-4-8-17/h1-10,19-20,28H,11-16H2,(H2,25,30)(H,26,31)(H,27,32)/t19-,20+/m1/s1. The summed E-state index contributed by atoms with van der Waals surface area (Å²) in [6.07, 6.45) is -0.315. The van der Waals surface area contributed by atoms with Gasteiger partial charge < -0.3 is 26.2 Å². The molecule has 9 nitrogen and oxygen atoms in total. The molecular formula is C24H29N3O6. The lowest BCUT2D eigenvalue weighted by Crippen LogP contribution is -2.52. The molecule has 9 heteroatoms. The molecule has 0 spiro atoms. The molecule has 0 aromatic heterocycles. The third kappa shape index (κ3) is 9.53. The summed E-state index contributed by atoms with van der Waals surface area (Å²) in [5.74, 6) is -1.87. The van der Waals surface area contributed by atoms with Crippen molar-refractivity contribution >= 4 is 23.7 Å². The molecule has 3 amide bonds. The van der Waals surface area contributed by atoms with Crippen LogP contribution in [-0.2, 0) is 32.1 Å². The molecule has 0 radical (unpaired) electrons. The Kier molecular flexibility index (Phi) is 10.6. The van der Waals surface area contributed by atoms with Crippen LogP contribution in [0, 0.1) is 0 Å². The Labute approximate surface area is 192 Å². The lowest BCUT2D eigenvalue weighted by Gasteiger charge is -2.22. The SMILES string of the molecule is NC(=O)CC[C@H](NC(=O)OCc1ccccc1)C(=O)N[C@H](CCc1ccccc1)C(=O)CO. The molecular weight excluding hydrogens is 426 g/mol. The van der Waals surface area contributed by atoms with Crippen molar-refractivity contribution in [1.29, 1.82) is 0 Å². The minimum Gasteiger partial charge on any atom is -0.445 e. The number of ether oxygens (including phenoxy) is 1. The van der Waals surface area contributed by atoms with Crippen molar-refractivity contribution in [3.05, 3.63) is 71.8 Å². The van der Waals surface area contributed by atoms with Crippen LogP contribution in [-0.4, -0.2) is 47.5 Å². The molecule has 0 aliphatic rings. The first kappa shape index (κ1) is 25.5. The van der Waals surface area contributed by atoms with Crippen molar-refractivity contribution in [2.75, 3.05) is 6.61 Å². The Hall–Kier alpha value is -3.72. The summed E-state index contributed by atoms with van der Waals surface area (Å²) in [7, 11) is 0. The van der Waals surface area contributed by atoms with E-state index in [0.29, 0.717) is 6.42 Å². The summed E-state index contributed by atoms with van der Waals surface area (Å²) in [5.41, 5.74) is 6.92. The lowest BCUT2D eigenvalue weighted by molar-refractivity contribution is -0.130. The van der Waals surface area contributed by atoms with Gasteiger partial charge in [-0.15, -0.1) is 0 Å². The van der Waals surface area contributed by atoms with Gasteiger partial charge in [0.1, 0.15) is 19.3 Å². The number of nitrogens with two attached hydrogens (primary N) is 1. The molecule has 0 aliphatic heterocycles. The number of alkyl carbamates (subject to hydrolysis) is 1. The fourth-order valence-corrected chi connectivity index (χ4v) is 3.11. The van der Waals surface area contributed by atoms with E-state index >= 15 is 0 Å². The first-order valence-corrected chi connectivity index (χ1v) is 10.6. The highest BCUT2D eigenvalue weighted by Crippen LogP contribution is 2.08. The Bertz CT molecular complexity index is 920. The number of carbonyl (C=O) groups excluding carboxylic acids is 4. The predicted octanol–water partition coefficient (Wildman–Crippen LogP) is 1.23. The molecule has 0 bridgehead atoms. The van der Waals surface area contributed by atoms with Crippen molar-refractivity contribution in [3.63, 3.8) is 0 Å². The Morgan fingerprint density at radius 1 is 0.848 bits per heavy atom. The van der Waals surface area contributed by atoms with Gasteiger partial charge in [-0.25, -0.2) is 4.79 Å². The highest BCUT2D eigenvalue weighted by atomic mass is 16.5. The van der Waals surface area contributed by atoms with Crippen LogP contribution >= 0.6 is 0 Å². The second-order valence-electron chi connectivity index (χ2n) is 7.47. The molecule has 176 valence electrons. The first-order valence-electron chi connectivity index (χ1n) is 10.6. The number of aliphatic hydroxyl groups excluding tert-OH is 1. The van der Waals surface area contributed by atoms with Gasteiger partial charge in [-0.2, -0.15) is 0 Å². The zero-order valence-corrected chi connectivity index (χ0v) is 18.2. The van der Waals surface area contributed by atoms with Crippen molar-refractivity contribution in [1.82, 2.24) is 10.6 Å². The highest BCUT2D eigenvalue weighted by molar-refractivity contribution is 5.92. The van der Waals surface area contributed by atoms with Crippen LogP contribution in [0.25, 0.3) is 0 Å². The van der Waals surface area contributed by atoms with Crippen molar-refractivity contribution < 1.29 is 29.0 Å². The van der Waals surface area contributed by atoms with E-state index in [1.807, 2.05) is 36.4 Å². The van der Waals surface area contributed by atoms with Gasteiger partial charge in [0.25, 0.3) is 0 Å². The smallest absolute Gasteiger partial charge is 0.408 e. The van der Waals surface area contributed by atoms with Crippen molar-refractivity contribution in [3.8, 4) is 0 Å². The average molecular weight is 456 g/mol. The van der Waals surface area contributed by atoms with Crippen LogP contribution in [0.15, 0.2) is 60.7 Å². The number of ketones is 1. The number of Topliss-reactive ketones (excluding diaryl/α,β-unsaturated/α-hetero) is 1. The van der Waals surface area contributed by atoms with Crippen LogP contribution in [0.5, 0.6) is 0 Å². The largest absolute Gasteiger partial charge is 0.445 e. The van der Waals surface area contributed by atoms with Gasteiger partial charge >= 0.3 is 6.09 Å². The van der Waals surface area contributed by atoms with Gasteiger partial charge in [0.05, 0.1) is 6.04 Å². The summed E-state index contributed by atoms with van der Waals surface area (Å²) in [6, 6.07) is 16.3. The number of hydrogen-bond donors (Lipinski definition) is 4. The first-order chi connectivity index (χ1) is 15.9. The highest BCUT2D eigenvalue weighted by Gasteiger charge is 2.27. The summed E-state index contributed by atoms with van der Waals surface area (Å²) >= 11 is 0. The normalized spacial score (nSPS) is 12.3. The third-order valence-corrected chi connectivity index (χ3v) is 4.93. The number of aliphatic hydroxyl groups is 1. The van der Waals surface area contributed by atoms with E-state index in [-0.39, 0.29) is 25.9 Å². The topological polar surface area (TPSA) is 148 Å². The summed E-state index contributed by atoms with van der Waals surface area (Å²) in [6.45, 7) is -0.738. The number of aryl methyl sites for hydroxylation is 1. The zero-order chi connectivity index (χ0) is 24.1. The minimum atomic E-state index is -1.15. The van der Waals surface area contributed by atoms with Crippen LogP contribution in [0.1, 0.15) is 30.4 Å². The minimum absolute atomic E-state index is 0.000465. The second kappa shape index (κ2) is 13.6. The van der Waals surface area contributed by atoms with Crippen molar-refractivity contribution in [2.45, 2.75) is 44.4 Å². The molecule has 0 saturated heterocycles. The molecule has 2 rings (SSSR count).